The summed E-state index contributed by atoms with van der Waals surface area (Å²) in [5.74, 6) is 0.597. The van der Waals surface area contributed by atoms with Crippen LogP contribution >= 0.6 is 23.1 Å². The summed E-state index contributed by atoms with van der Waals surface area (Å²) in [6.45, 7) is 0. The number of hydrogen-bond donors (Lipinski definition) is 0. The Bertz CT molecular complexity index is 1450. The van der Waals surface area contributed by atoms with E-state index < -0.39 is 5.97 Å². The first-order chi connectivity index (χ1) is 15.7. The van der Waals surface area contributed by atoms with Gasteiger partial charge < -0.3 is 13.6 Å². The zero-order chi connectivity index (χ0) is 22.1. The summed E-state index contributed by atoms with van der Waals surface area (Å²) in [5.41, 5.74) is 1.90. The molecule has 0 N–H and O–H groups in total. The highest BCUT2D eigenvalue weighted by atomic mass is 32.2. The molecule has 0 unspecified atom stereocenters. The van der Waals surface area contributed by atoms with Crippen molar-refractivity contribution in [3.8, 4) is 17.0 Å². The van der Waals surface area contributed by atoms with Gasteiger partial charge in [-0.15, -0.1) is 11.3 Å². The van der Waals surface area contributed by atoms with Gasteiger partial charge in [0, 0.05) is 22.3 Å². The van der Waals surface area contributed by atoms with Gasteiger partial charge in [-0.2, -0.15) is 0 Å². The molecule has 4 heterocycles. The lowest BCUT2D eigenvalue weighted by atomic mass is 10.2. The Morgan fingerprint density at radius 2 is 1.97 bits per heavy atom. The minimum absolute atomic E-state index is 0.144. The molecule has 0 bridgehead atoms. The molecule has 0 amide bonds. The van der Waals surface area contributed by atoms with E-state index >= 15 is 0 Å². The highest BCUT2D eigenvalue weighted by Crippen LogP contribution is 2.34. The molecule has 0 spiro atoms. The second-order valence-electron chi connectivity index (χ2n) is 6.73. The van der Waals surface area contributed by atoms with E-state index in [9.17, 15) is 9.59 Å². The molecule has 9 heteroatoms. The molecule has 0 saturated carbocycles. The predicted molar refractivity (Wildman–Crippen MR) is 123 cm³/mol. The topological polar surface area (TPSA) is 87.5 Å². The van der Waals surface area contributed by atoms with Crippen LogP contribution < -0.4 is 5.56 Å². The molecule has 4 aromatic heterocycles. The summed E-state index contributed by atoms with van der Waals surface area (Å²) >= 11 is 2.73. The fraction of sp³-hybridized carbons (Fsp3) is 0.0870. The number of hydrogen-bond acceptors (Lipinski definition) is 8. The summed E-state index contributed by atoms with van der Waals surface area (Å²) in [4.78, 5) is 31.0. The Kier molecular flexibility index (Phi) is 5.42. The summed E-state index contributed by atoms with van der Waals surface area (Å²) in [6.07, 6.45) is 3.02. The van der Waals surface area contributed by atoms with Gasteiger partial charge in [0.1, 0.15) is 10.6 Å². The number of rotatable bonds is 6. The number of para-hydroxylation sites is 1. The van der Waals surface area contributed by atoms with Crippen molar-refractivity contribution in [2.45, 2.75) is 10.9 Å². The van der Waals surface area contributed by atoms with Crippen LogP contribution in [-0.4, -0.2) is 22.6 Å². The third-order valence-electron chi connectivity index (χ3n) is 4.85. The molecule has 0 fully saturated rings. The van der Waals surface area contributed by atoms with E-state index in [0.717, 1.165) is 5.56 Å². The fourth-order valence-corrected chi connectivity index (χ4v) is 5.31. The SMILES string of the molecule is COC(=O)c1occc1CSc1nc2scc(-c3ccco3)c2c(=O)n1-c1ccccc1. The summed E-state index contributed by atoms with van der Waals surface area (Å²) in [5, 5.41) is 2.91. The Morgan fingerprint density at radius 3 is 2.72 bits per heavy atom. The maximum atomic E-state index is 13.7. The average molecular weight is 465 g/mol. The normalized spacial score (nSPS) is 11.2. The third-order valence-corrected chi connectivity index (χ3v) is 6.71. The van der Waals surface area contributed by atoms with E-state index in [4.69, 9.17) is 18.6 Å². The smallest absolute Gasteiger partial charge is 0.374 e. The Morgan fingerprint density at radius 1 is 1.12 bits per heavy atom. The molecule has 7 nitrogen and oxygen atoms in total. The third kappa shape index (κ3) is 3.55. The number of thioether (sulfide) groups is 1. The molecule has 1 aromatic carbocycles. The number of carbonyl (C=O) groups is 1. The number of esters is 1. The van der Waals surface area contributed by atoms with Gasteiger partial charge in [-0.05, 0) is 30.3 Å². The molecule has 32 heavy (non-hydrogen) atoms. The van der Waals surface area contributed by atoms with Gasteiger partial charge in [-0.3, -0.25) is 9.36 Å². The van der Waals surface area contributed by atoms with E-state index in [1.165, 1.54) is 36.5 Å². The van der Waals surface area contributed by atoms with Crippen molar-refractivity contribution in [2.75, 3.05) is 7.11 Å². The van der Waals surface area contributed by atoms with Gasteiger partial charge in [0.15, 0.2) is 5.16 Å². The monoisotopic (exact) mass is 464 g/mol. The molecule has 0 atom stereocenters. The maximum Gasteiger partial charge on any atom is 0.374 e. The van der Waals surface area contributed by atoms with Crippen molar-refractivity contribution in [2.24, 2.45) is 0 Å². The van der Waals surface area contributed by atoms with Gasteiger partial charge in [-0.25, -0.2) is 9.78 Å². The Hall–Kier alpha value is -3.56. The van der Waals surface area contributed by atoms with Crippen molar-refractivity contribution in [1.82, 2.24) is 9.55 Å². The van der Waals surface area contributed by atoms with E-state index in [1.54, 1.807) is 23.0 Å². The lowest BCUT2D eigenvalue weighted by molar-refractivity contribution is 0.0564. The highest BCUT2D eigenvalue weighted by molar-refractivity contribution is 7.98. The number of furan rings is 2. The van der Waals surface area contributed by atoms with Crippen LogP contribution in [0.5, 0.6) is 0 Å². The molecule has 0 saturated heterocycles. The van der Waals surface area contributed by atoms with Crippen LogP contribution in [0.3, 0.4) is 0 Å². The van der Waals surface area contributed by atoms with Crippen molar-refractivity contribution in [3.63, 3.8) is 0 Å². The first kappa shape index (κ1) is 20.3. The van der Waals surface area contributed by atoms with Crippen LogP contribution in [0, 0.1) is 0 Å². The van der Waals surface area contributed by atoms with Crippen LogP contribution in [0.15, 0.2) is 85.2 Å². The molecule has 5 aromatic rings. The summed E-state index contributed by atoms with van der Waals surface area (Å²) in [6, 6.07) is 14.7. The van der Waals surface area contributed by atoms with Crippen LogP contribution in [0.25, 0.3) is 27.2 Å². The summed E-state index contributed by atoms with van der Waals surface area (Å²) < 4.78 is 17.2. The molecule has 5 rings (SSSR count). The number of aromatic nitrogens is 2. The quantitative estimate of drug-likeness (QED) is 0.189. The molecule has 0 aliphatic rings. The minimum atomic E-state index is -0.546. The van der Waals surface area contributed by atoms with Crippen molar-refractivity contribution >= 4 is 39.3 Å². The average Bonchev–Trinajstić information content (AvgIpc) is 3.58. The van der Waals surface area contributed by atoms with Crippen LogP contribution in [-0.2, 0) is 10.5 Å². The molecule has 0 aliphatic heterocycles. The number of ether oxygens (including phenoxy) is 1. The summed E-state index contributed by atoms with van der Waals surface area (Å²) in [7, 11) is 1.30. The van der Waals surface area contributed by atoms with Crippen molar-refractivity contribution < 1.29 is 18.4 Å². The second kappa shape index (κ2) is 8.52. The lowest BCUT2D eigenvalue weighted by Crippen LogP contribution is -2.21. The largest absolute Gasteiger partial charge is 0.464 e. The van der Waals surface area contributed by atoms with Gasteiger partial charge in [-0.1, -0.05) is 30.0 Å². The minimum Gasteiger partial charge on any atom is -0.464 e. The van der Waals surface area contributed by atoms with Crippen molar-refractivity contribution in [1.29, 1.82) is 0 Å². The predicted octanol–water partition coefficient (Wildman–Crippen LogP) is 5.38. The molecular weight excluding hydrogens is 448 g/mol. The number of carbonyl (C=O) groups excluding carboxylic acids is 1. The van der Waals surface area contributed by atoms with Crippen LogP contribution in [0.2, 0.25) is 0 Å². The number of thiophene rings is 1. The molecular formula is C23H16N2O5S2. The highest BCUT2D eigenvalue weighted by Gasteiger charge is 2.21. The zero-order valence-corrected chi connectivity index (χ0v) is 18.4. The van der Waals surface area contributed by atoms with E-state index in [1.807, 2.05) is 41.8 Å². The first-order valence-corrected chi connectivity index (χ1v) is 11.4. The Balaban J connectivity index is 1.63. The maximum absolute atomic E-state index is 13.7. The van der Waals surface area contributed by atoms with E-state index in [0.29, 0.717) is 38.1 Å². The second-order valence-corrected chi connectivity index (χ2v) is 8.53. The Labute approximate surface area is 190 Å². The van der Waals surface area contributed by atoms with Gasteiger partial charge in [0.2, 0.25) is 5.76 Å². The molecule has 160 valence electrons. The lowest BCUT2D eigenvalue weighted by Gasteiger charge is -2.12. The van der Waals surface area contributed by atoms with Gasteiger partial charge in [0.25, 0.3) is 5.56 Å². The van der Waals surface area contributed by atoms with E-state index in [2.05, 4.69) is 0 Å². The van der Waals surface area contributed by atoms with Gasteiger partial charge >= 0.3 is 5.97 Å². The molecule has 0 radical (unpaired) electrons. The van der Waals surface area contributed by atoms with Crippen LogP contribution in [0.4, 0.5) is 0 Å². The number of nitrogens with zero attached hydrogens (tertiary/aromatic N) is 2. The van der Waals surface area contributed by atoms with Gasteiger partial charge in [0.05, 0.1) is 30.7 Å². The number of methoxy groups -OCH3 is 1. The zero-order valence-electron chi connectivity index (χ0n) is 16.8. The first-order valence-electron chi connectivity index (χ1n) is 9.58. The van der Waals surface area contributed by atoms with Crippen LogP contribution in [0.1, 0.15) is 16.1 Å². The molecule has 0 aliphatic carbocycles. The standard InChI is InChI=1S/C23H16N2O5S2/c1-28-22(27)19-14(9-11-30-19)12-32-23-24-20-18(16(13-31-20)17-8-5-10-29-17)21(26)25(23)15-6-3-2-4-7-15/h2-11,13H,12H2,1H3. The van der Waals surface area contributed by atoms with Crippen molar-refractivity contribution in [3.05, 3.63) is 88.1 Å². The van der Waals surface area contributed by atoms with E-state index in [-0.39, 0.29) is 11.3 Å². The number of benzene rings is 1. The number of fused-ring (bicyclic) bond motifs is 1. The fourth-order valence-electron chi connectivity index (χ4n) is 3.35.